The fourth-order valence-corrected chi connectivity index (χ4v) is 5.41. The number of nitrogens with zero attached hydrogens (tertiary/aromatic N) is 2. The lowest BCUT2D eigenvalue weighted by atomic mass is 10.1. The zero-order chi connectivity index (χ0) is 21.9. The number of hydrogen-bond acceptors (Lipinski definition) is 0. The van der Waals surface area contributed by atoms with Crippen molar-refractivity contribution in [2.75, 3.05) is 0 Å². The van der Waals surface area contributed by atoms with Gasteiger partial charge in [-0.3, -0.25) is 0 Å². The van der Waals surface area contributed by atoms with Crippen LogP contribution >= 0.6 is 0 Å². The Kier molecular flexibility index (Phi) is 3.80. The second kappa shape index (κ2) is 6.85. The minimum atomic E-state index is 1.18. The summed E-state index contributed by atoms with van der Waals surface area (Å²) in [5.74, 6) is 0. The molecule has 0 aliphatic rings. The van der Waals surface area contributed by atoms with E-state index in [2.05, 4.69) is 131 Å². The third kappa shape index (κ3) is 2.49. The molecule has 2 nitrogen and oxygen atoms in total. The quantitative estimate of drug-likeness (QED) is 0.266. The largest absolute Gasteiger partial charge is 0.307 e. The molecule has 7 aromatic rings. The first-order valence-corrected chi connectivity index (χ1v) is 11.4. The molecule has 0 aliphatic heterocycles. The van der Waals surface area contributed by atoms with Gasteiger partial charge in [-0.05, 0) is 42.8 Å². The number of hydrogen-bond donors (Lipinski definition) is 0. The standard InChI is InChI=1S/C31H22N2/c1-21-11-5-8-16-27(21)33-29-18-10-7-15-24(29)26-20-19-25-23-14-6-9-17-28(23)32(30(25)31(26)33)22-12-3-2-4-13-22/h2-20H,1H3. The number of aromatic nitrogens is 2. The first kappa shape index (κ1) is 18.3. The number of para-hydroxylation sites is 4. The summed E-state index contributed by atoms with van der Waals surface area (Å²) in [7, 11) is 0. The Hall–Kier alpha value is -4.30. The molecule has 0 amide bonds. The second-order valence-electron chi connectivity index (χ2n) is 8.69. The molecule has 0 radical (unpaired) electrons. The van der Waals surface area contributed by atoms with Crippen LogP contribution in [0.3, 0.4) is 0 Å². The smallest absolute Gasteiger partial charge is 0.0789 e. The highest BCUT2D eigenvalue weighted by Crippen LogP contribution is 2.41. The van der Waals surface area contributed by atoms with Crippen LogP contribution in [0.2, 0.25) is 0 Å². The van der Waals surface area contributed by atoms with Gasteiger partial charge in [0.2, 0.25) is 0 Å². The van der Waals surface area contributed by atoms with Gasteiger partial charge in [-0.2, -0.15) is 0 Å². The Morgan fingerprint density at radius 3 is 1.61 bits per heavy atom. The normalized spacial score (nSPS) is 11.8. The Morgan fingerprint density at radius 1 is 0.424 bits per heavy atom. The van der Waals surface area contributed by atoms with Crippen molar-refractivity contribution in [2.45, 2.75) is 6.92 Å². The summed E-state index contributed by atoms with van der Waals surface area (Å²) in [6, 6.07) is 41.5. The van der Waals surface area contributed by atoms with Gasteiger partial charge in [-0.15, -0.1) is 0 Å². The number of fused-ring (bicyclic) bond motifs is 7. The molecular weight excluding hydrogens is 400 g/mol. The molecular formula is C31H22N2. The molecule has 2 heteroatoms. The van der Waals surface area contributed by atoms with Gasteiger partial charge in [-0.25, -0.2) is 0 Å². The molecule has 0 aliphatic carbocycles. The van der Waals surface area contributed by atoms with Gasteiger partial charge in [0.05, 0.1) is 22.1 Å². The van der Waals surface area contributed by atoms with Crippen molar-refractivity contribution in [1.29, 1.82) is 0 Å². The SMILES string of the molecule is Cc1ccccc1-n1c2ccccc2c2ccc3c4ccccc4n(-c4ccccc4)c3c21. The van der Waals surface area contributed by atoms with Crippen molar-refractivity contribution in [3.05, 3.63) is 121 Å². The van der Waals surface area contributed by atoms with Crippen LogP contribution in [0.5, 0.6) is 0 Å². The molecule has 33 heavy (non-hydrogen) atoms. The summed E-state index contributed by atoms with van der Waals surface area (Å²) < 4.78 is 4.89. The highest BCUT2D eigenvalue weighted by atomic mass is 15.0. The summed E-state index contributed by atoms with van der Waals surface area (Å²) in [6.07, 6.45) is 0. The summed E-state index contributed by atoms with van der Waals surface area (Å²) in [5.41, 5.74) is 8.63. The highest BCUT2D eigenvalue weighted by molar-refractivity contribution is 6.23. The minimum absolute atomic E-state index is 1.18. The van der Waals surface area contributed by atoms with Gasteiger partial charge in [0.1, 0.15) is 0 Å². The zero-order valence-corrected chi connectivity index (χ0v) is 18.4. The summed E-state index contributed by atoms with van der Waals surface area (Å²) in [4.78, 5) is 0. The van der Waals surface area contributed by atoms with E-state index in [9.17, 15) is 0 Å². The van der Waals surface area contributed by atoms with E-state index in [4.69, 9.17) is 0 Å². The predicted octanol–water partition coefficient (Wildman–Crippen LogP) is 8.19. The Bertz CT molecular complexity index is 1820. The van der Waals surface area contributed by atoms with Crippen molar-refractivity contribution >= 4 is 43.6 Å². The maximum atomic E-state index is 2.46. The van der Waals surface area contributed by atoms with Crippen LogP contribution in [-0.2, 0) is 0 Å². The third-order valence-electron chi connectivity index (χ3n) is 6.84. The molecule has 0 saturated heterocycles. The fourth-order valence-electron chi connectivity index (χ4n) is 5.41. The number of aryl methyl sites for hydroxylation is 1. The van der Waals surface area contributed by atoms with Gasteiger partial charge in [0.15, 0.2) is 0 Å². The molecule has 0 N–H and O–H groups in total. The molecule has 2 heterocycles. The predicted molar refractivity (Wildman–Crippen MR) is 140 cm³/mol. The minimum Gasteiger partial charge on any atom is -0.307 e. The molecule has 0 bridgehead atoms. The maximum Gasteiger partial charge on any atom is 0.0789 e. The Balaban J connectivity index is 1.81. The number of rotatable bonds is 2. The van der Waals surface area contributed by atoms with Crippen LogP contribution in [0.25, 0.3) is 55.0 Å². The van der Waals surface area contributed by atoms with Gasteiger partial charge in [0.25, 0.3) is 0 Å². The van der Waals surface area contributed by atoms with Crippen molar-refractivity contribution in [2.24, 2.45) is 0 Å². The average Bonchev–Trinajstić information content (AvgIpc) is 3.38. The topological polar surface area (TPSA) is 9.86 Å². The lowest BCUT2D eigenvalue weighted by molar-refractivity contribution is 1.13. The fraction of sp³-hybridized carbons (Fsp3) is 0.0323. The van der Waals surface area contributed by atoms with E-state index in [0.717, 1.165) is 0 Å². The van der Waals surface area contributed by atoms with Crippen LogP contribution < -0.4 is 0 Å². The maximum absolute atomic E-state index is 2.46. The van der Waals surface area contributed by atoms with E-state index in [1.165, 1.54) is 60.5 Å². The van der Waals surface area contributed by atoms with Crippen LogP contribution in [0.4, 0.5) is 0 Å². The van der Waals surface area contributed by atoms with Gasteiger partial charge in [-0.1, -0.05) is 84.9 Å². The first-order chi connectivity index (χ1) is 16.3. The number of benzene rings is 5. The van der Waals surface area contributed by atoms with Gasteiger partial charge >= 0.3 is 0 Å². The lowest BCUT2D eigenvalue weighted by Gasteiger charge is -2.14. The second-order valence-corrected chi connectivity index (χ2v) is 8.69. The van der Waals surface area contributed by atoms with Crippen molar-refractivity contribution in [3.8, 4) is 11.4 Å². The molecule has 5 aromatic carbocycles. The zero-order valence-electron chi connectivity index (χ0n) is 18.4. The van der Waals surface area contributed by atoms with E-state index in [1.54, 1.807) is 0 Å². The molecule has 156 valence electrons. The molecule has 0 spiro atoms. The summed E-state index contributed by atoms with van der Waals surface area (Å²) in [6.45, 7) is 2.20. The highest BCUT2D eigenvalue weighted by Gasteiger charge is 2.21. The van der Waals surface area contributed by atoms with Crippen molar-refractivity contribution < 1.29 is 0 Å². The van der Waals surface area contributed by atoms with Crippen LogP contribution in [0, 0.1) is 6.92 Å². The summed E-state index contributed by atoms with van der Waals surface area (Å²) in [5, 5.41) is 5.11. The van der Waals surface area contributed by atoms with Crippen LogP contribution in [0.1, 0.15) is 5.56 Å². The van der Waals surface area contributed by atoms with Gasteiger partial charge < -0.3 is 9.13 Å². The van der Waals surface area contributed by atoms with E-state index < -0.39 is 0 Å². The molecule has 7 rings (SSSR count). The Morgan fingerprint density at radius 2 is 0.939 bits per heavy atom. The van der Waals surface area contributed by atoms with E-state index in [0.29, 0.717) is 0 Å². The molecule has 0 fully saturated rings. The monoisotopic (exact) mass is 422 g/mol. The lowest BCUT2D eigenvalue weighted by Crippen LogP contribution is -2.00. The van der Waals surface area contributed by atoms with Crippen LogP contribution in [0.15, 0.2) is 115 Å². The van der Waals surface area contributed by atoms with Crippen molar-refractivity contribution in [3.63, 3.8) is 0 Å². The molecule has 0 unspecified atom stereocenters. The van der Waals surface area contributed by atoms with Gasteiger partial charge in [0, 0.05) is 32.9 Å². The molecule has 2 aromatic heterocycles. The first-order valence-electron chi connectivity index (χ1n) is 11.4. The van der Waals surface area contributed by atoms with E-state index in [1.807, 2.05) is 0 Å². The molecule has 0 saturated carbocycles. The summed E-state index contributed by atoms with van der Waals surface area (Å²) >= 11 is 0. The Labute approximate surface area is 191 Å². The molecule has 0 atom stereocenters. The average molecular weight is 423 g/mol. The van der Waals surface area contributed by atoms with Crippen LogP contribution in [-0.4, -0.2) is 9.13 Å². The van der Waals surface area contributed by atoms with E-state index in [-0.39, 0.29) is 0 Å². The third-order valence-corrected chi connectivity index (χ3v) is 6.84. The van der Waals surface area contributed by atoms with E-state index >= 15 is 0 Å². The van der Waals surface area contributed by atoms with Crippen molar-refractivity contribution in [1.82, 2.24) is 9.13 Å².